The van der Waals surface area contributed by atoms with Gasteiger partial charge in [0.05, 0.1) is 11.4 Å². The van der Waals surface area contributed by atoms with Crippen molar-refractivity contribution in [3.8, 4) is 0 Å². The van der Waals surface area contributed by atoms with Crippen molar-refractivity contribution >= 4 is 11.6 Å². The second-order valence-corrected chi connectivity index (χ2v) is 4.74. The number of nitrogens with zero attached hydrogens (tertiary/aromatic N) is 3. The number of H-pyrrole nitrogens is 1. The summed E-state index contributed by atoms with van der Waals surface area (Å²) in [4.78, 5) is 16.5. The summed E-state index contributed by atoms with van der Waals surface area (Å²) < 4.78 is 0. The molecule has 1 saturated heterocycles. The Morgan fingerprint density at radius 2 is 2.06 bits per heavy atom. The number of aromatic amines is 1. The Hall–Kier alpha value is -1.56. The van der Waals surface area contributed by atoms with Crippen molar-refractivity contribution in [1.29, 1.82) is 0 Å². The van der Waals surface area contributed by atoms with E-state index in [1.165, 1.54) is 0 Å². The molecule has 1 aliphatic rings. The van der Waals surface area contributed by atoms with Gasteiger partial charge in [-0.2, -0.15) is 5.10 Å². The molecule has 2 rings (SSSR count). The highest BCUT2D eigenvalue weighted by molar-refractivity contribution is 5.97. The van der Waals surface area contributed by atoms with E-state index in [-0.39, 0.29) is 5.91 Å². The Balaban J connectivity index is 1.97. The quantitative estimate of drug-likeness (QED) is 0.818. The van der Waals surface area contributed by atoms with Crippen LogP contribution in [0.5, 0.6) is 0 Å². The van der Waals surface area contributed by atoms with Gasteiger partial charge in [0.15, 0.2) is 5.69 Å². The number of hydrogen-bond acceptors (Lipinski definition) is 4. The number of amides is 1. The molecule has 2 heterocycles. The Bertz CT molecular complexity index is 420. The standard InChI is InChI=1S/C12H21N5O/c1-3-4-16-5-7-17(8-6-16)12(18)11-10(13)9(2)14-15-11/h3-8,13H2,1-2H3,(H,14,15). The molecule has 1 aliphatic heterocycles. The molecular formula is C12H21N5O. The number of rotatable bonds is 3. The number of carbonyl (C=O) groups excluding carboxylic acids is 1. The first kappa shape index (κ1) is 12.9. The Morgan fingerprint density at radius 1 is 1.39 bits per heavy atom. The van der Waals surface area contributed by atoms with Crippen molar-refractivity contribution in [2.75, 3.05) is 38.5 Å². The number of aryl methyl sites for hydroxylation is 1. The van der Waals surface area contributed by atoms with Crippen LogP contribution in [0.25, 0.3) is 0 Å². The van der Waals surface area contributed by atoms with Crippen molar-refractivity contribution in [2.24, 2.45) is 0 Å². The van der Waals surface area contributed by atoms with Gasteiger partial charge in [0.1, 0.15) is 0 Å². The van der Waals surface area contributed by atoms with Gasteiger partial charge in [-0.25, -0.2) is 0 Å². The van der Waals surface area contributed by atoms with Crippen LogP contribution >= 0.6 is 0 Å². The second kappa shape index (κ2) is 5.39. The normalized spacial score (nSPS) is 17.1. The van der Waals surface area contributed by atoms with E-state index in [1.807, 2.05) is 11.8 Å². The highest BCUT2D eigenvalue weighted by Crippen LogP contribution is 2.16. The maximum Gasteiger partial charge on any atom is 0.276 e. The molecule has 0 aromatic carbocycles. The highest BCUT2D eigenvalue weighted by atomic mass is 16.2. The lowest BCUT2D eigenvalue weighted by molar-refractivity contribution is 0.0632. The predicted octanol–water partition coefficient (Wildman–Crippen LogP) is 0.468. The first-order valence-corrected chi connectivity index (χ1v) is 6.45. The van der Waals surface area contributed by atoms with Crippen LogP contribution in [0, 0.1) is 6.92 Å². The van der Waals surface area contributed by atoms with Gasteiger partial charge in [0.25, 0.3) is 5.91 Å². The van der Waals surface area contributed by atoms with Gasteiger partial charge in [0, 0.05) is 26.2 Å². The van der Waals surface area contributed by atoms with Crippen LogP contribution in [0.2, 0.25) is 0 Å². The lowest BCUT2D eigenvalue weighted by Crippen LogP contribution is -2.48. The second-order valence-electron chi connectivity index (χ2n) is 4.74. The number of anilines is 1. The van der Waals surface area contributed by atoms with Gasteiger partial charge in [0.2, 0.25) is 0 Å². The fourth-order valence-electron chi connectivity index (χ4n) is 2.24. The molecule has 18 heavy (non-hydrogen) atoms. The summed E-state index contributed by atoms with van der Waals surface area (Å²) in [6.45, 7) is 8.47. The molecule has 1 fully saturated rings. The van der Waals surface area contributed by atoms with E-state index in [0.29, 0.717) is 11.4 Å². The zero-order chi connectivity index (χ0) is 13.1. The maximum absolute atomic E-state index is 12.2. The van der Waals surface area contributed by atoms with Crippen molar-refractivity contribution in [3.05, 3.63) is 11.4 Å². The summed E-state index contributed by atoms with van der Waals surface area (Å²) in [5.41, 5.74) is 7.41. The van der Waals surface area contributed by atoms with Gasteiger partial charge in [-0.3, -0.25) is 14.8 Å². The number of nitrogens with one attached hydrogen (secondary N) is 1. The molecule has 1 amide bonds. The third-order valence-corrected chi connectivity index (χ3v) is 3.40. The summed E-state index contributed by atoms with van der Waals surface area (Å²) in [6, 6.07) is 0. The molecular weight excluding hydrogens is 230 g/mol. The van der Waals surface area contributed by atoms with Crippen molar-refractivity contribution in [3.63, 3.8) is 0 Å². The van der Waals surface area contributed by atoms with Crippen LogP contribution in [0.15, 0.2) is 0 Å². The topological polar surface area (TPSA) is 78.2 Å². The van der Waals surface area contributed by atoms with Crippen LogP contribution in [-0.4, -0.2) is 58.6 Å². The molecule has 0 saturated carbocycles. The molecule has 100 valence electrons. The fourth-order valence-corrected chi connectivity index (χ4v) is 2.24. The molecule has 0 radical (unpaired) electrons. The molecule has 1 aromatic heterocycles. The van der Waals surface area contributed by atoms with E-state index in [4.69, 9.17) is 5.73 Å². The first-order valence-electron chi connectivity index (χ1n) is 6.45. The molecule has 0 unspecified atom stereocenters. The largest absolute Gasteiger partial charge is 0.395 e. The SMILES string of the molecule is CCCN1CCN(C(=O)c2n[nH]c(C)c2N)CC1. The van der Waals surface area contributed by atoms with E-state index < -0.39 is 0 Å². The monoisotopic (exact) mass is 251 g/mol. The lowest BCUT2D eigenvalue weighted by atomic mass is 10.2. The van der Waals surface area contributed by atoms with Crippen LogP contribution in [0.4, 0.5) is 5.69 Å². The van der Waals surface area contributed by atoms with Crippen LogP contribution < -0.4 is 5.73 Å². The van der Waals surface area contributed by atoms with Gasteiger partial charge in [-0.15, -0.1) is 0 Å². The minimum Gasteiger partial charge on any atom is -0.395 e. The molecule has 6 heteroatoms. The molecule has 0 bridgehead atoms. The Morgan fingerprint density at radius 3 is 2.56 bits per heavy atom. The molecule has 0 aliphatic carbocycles. The van der Waals surface area contributed by atoms with Crippen molar-refractivity contribution in [2.45, 2.75) is 20.3 Å². The summed E-state index contributed by atoms with van der Waals surface area (Å²) in [5.74, 6) is -0.0620. The summed E-state index contributed by atoms with van der Waals surface area (Å²) in [5, 5.41) is 6.74. The smallest absolute Gasteiger partial charge is 0.276 e. The molecule has 1 aromatic rings. The minimum atomic E-state index is -0.0620. The fraction of sp³-hybridized carbons (Fsp3) is 0.667. The Kier molecular flexibility index (Phi) is 3.86. The van der Waals surface area contributed by atoms with E-state index in [2.05, 4.69) is 22.0 Å². The van der Waals surface area contributed by atoms with Crippen molar-refractivity contribution < 1.29 is 4.79 Å². The van der Waals surface area contributed by atoms with E-state index in [9.17, 15) is 4.79 Å². The van der Waals surface area contributed by atoms with Gasteiger partial charge in [-0.1, -0.05) is 6.92 Å². The number of piperazine rings is 1. The zero-order valence-corrected chi connectivity index (χ0v) is 11.1. The summed E-state index contributed by atoms with van der Waals surface area (Å²) in [7, 11) is 0. The number of aromatic nitrogens is 2. The third-order valence-electron chi connectivity index (χ3n) is 3.40. The van der Waals surface area contributed by atoms with E-state index in [0.717, 1.165) is 44.8 Å². The number of nitrogens with two attached hydrogens (primary N) is 1. The average Bonchev–Trinajstić information content (AvgIpc) is 2.71. The summed E-state index contributed by atoms with van der Waals surface area (Å²) in [6.07, 6.45) is 1.15. The first-order chi connectivity index (χ1) is 8.63. The van der Waals surface area contributed by atoms with Crippen LogP contribution in [0.3, 0.4) is 0 Å². The number of carbonyl (C=O) groups is 1. The minimum absolute atomic E-state index is 0.0620. The Labute approximate surface area is 107 Å². The average molecular weight is 251 g/mol. The molecule has 0 spiro atoms. The number of hydrogen-bond donors (Lipinski definition) is 2. The predicted molar refractivity (Wildman–Crippen MR) is 70.4 cm³/mol. The van der Waals surface area contributed by atoms with E-state index >= 15 is 0 Å². The van der Waals surface area contributed by atoms with Gasteiger partial charge in [-0.05, 0) is 19.9 Å². The van der Waals surface area contributed by atoms with Crippen molar-refractivity contribution in [1.82, 2.24) is 20.0 Å². The maximum atomic E-state index is 12.2. The van der Waals surface area contributed by atoms with Gasteiger partial charge < -0.3 is 10.6 Å². The molecule has 6 nitrogen and oxygen atoms in total. The number of nitrogen functional groups attached to an aromatic ring is 1. The molecule has 3 N–H and O–H groups in total. The highest BCUT2D eigenvalue weighted by Gasteiger charge is 2.25. The zero-order valence-electron chi connectivity index (χ0n) is 11.1. The van der Waals surface area contributed by atoms with Crippen LogP contribution in [0.1, 0.15) is 29.5 Å². The lowest BCUT2D eigenvalue weighted by Gasteiger charge is -2.34. The summed E-state index contributed by atoms with van der Waals surface area (Å²) >= 11 is 0. The third kappa shape index (κ3) is 2.48. The van der Waals surface area contributed by atoms with Crippen LogP contribution in [-0.2, 0) is 0 Å². The van der Waals surface area contributed by atoms with Gasteiger partial charge >= 0.3 is 0 Å². The molecule has 0 atom stereocenters. The van der Waals surface area contributed by atoms with E-state index in [1.54, 1.807) is 0 Å².